The van der Waals surface area contributed by atoms with E-state index in [0.717, 1.165) is 13.1 Å². The Balaban J connectivity index is 1.87. The number of likely N-dealkylation sites (tertiary alicyclic amines) is 1. The van der Waals surface area contributed by atoms with Crippen LogP contribution >= 0.6 is 0 Å². The van der Waals surface area contributed by atoms with Crippen molar-refractivity contribution in [3.63, 3.8) is 0 Å². The normalized spacial score (nSPS) is 19.7. The third-order valence-corrected chi connectivity index (χ3v) is 4.07. The molecule has 1 N–H and O–H groups in total. The van der Waals surface area contributed by atoms with Gasteiger partial charge in [0.1, 0.15) is 0 Å². The highest BCUT2D eigenvalue weighted by molar-refractivity contribution is 5.14. The molecule has 3 nitrogen and oxygen atoms in total. The standard InChI is InChI=1S/C18H31N3/c1-17(2,3)20-12-15-7-8-16(19-11-15)13-21-10-6-9-18(4,5)14-21/h7-8,11,20H,6,9-10,12-14H2,1-5H3. The van der Waals surface area contributed by atoms with Crippen molar-refractivity contribution in [2.45, 2.75) is 66.1 Å². The summed E-state index contributed by atoms with van der Waals surface area (Å²) in [5, 5.41) is 3.50. The largest absolute Gasteiger partial charge is 0.308 e. The molecule has 21 heavy (non-hydrogen) atoms. The zero-order valence-electron chi connectivity index (χ0n) is 14.4. The van der Waals surface area contributed by atoms with E-state index in [-0.39, 0.29) is 5.54 Å². The number of rotatable bonds is 4. The van der Waals surface area contributed by atoms with Crippen molar-refractivity contribution in [2.24, 2.45) is 5.41 Å². The Morgan fingerprint density at radius 3 is 2.62 bits per heavy atom. The quantitative estimate of drug-likeness (QED) is 0.918. The molecule has 0 radical (unpaired) electrons. The van der Waals surface area contributed by atoms with E-state index in [0.29, 0.717) is 5.41 Å². The molecule has 1 fully saturated rings. The maximum absolute atomic E-state index is 4.64. The fraction of sp³-hybridized carbons (Fsp3) is 0.722. The first-order valence-electron chi connectivity index (χ1n) is 8.15. The second kappa shape index (κ2) is 6.45. The highest BCUT2D eigenvalue weighted by atomic mass is 15.1. The van der Waals surface area contributed by atoms with Crippen LogP contribution in [0, 0.1) is 5.41 Å². The number of pyridine rings is 1. The molecular weight excluding hydrogens is 258 g/mol. The molecule has 1 aromatic rings. The minimum absolute atomic E-state index is 0.151. The third-order valence-electron chi connectivity index (χ3n) is 4.07. The predicted molar refractivity (Wildman–Crippen MR) is 89.1 cm³/mol. The van der Waals surface area contributed by atoms with Gasteiger partial charge in [0.15, 0.2) is 0 Å². The zero-order valence-corrected chi connectivity index (χ0v) is 14.4. The number of nitrogens with one attached hydrogen (secondary N) is 1. The lowest BCUT2D eigenvalue weighted by Crippen LogP contribution is -2.39. The topological polar surface area (TPSA) is 28.2 Å². The molecule has 1 aromatic heterocycles. The first-order valence-corrected chi connectivity index (χ1v) is 8.15. The number of hydrogen-bond acceptors (Lipinski definition) is 3. The number of hydrogen-bond donors (Lipinski definition) is 1. The summed E-state index contributed by atoms with van der Waals surface area (Å²) in [6, 6.07) is 4.39. The SMILES string of the molecule is CC1(C)CCCN(Cc2ccc(CNC(C)(C)C)cn2)C1. The zero-order chi connectivity index (χ0) is 15.5. The molecule has 0 bridgehead atoms. The van der Waals surface area contributed by atoms with Crippen LogP contribution in [0.15, 0.2) is 18.3 Å². The van der Waals surface area contributed by atoms with E-state index in [2.05, 4.69) is 62.0 Å². The van der Waals surface area contributed by atoms with Gasteiger partial charge in [0.05, 0.1) is 5.69 Å². The Bertz CT molecular complexity index is 443. The van der Waals surface area contributed by atoms with Crippen LogP contribution in [0.25, 0.3) is 0 Å². The summed E-state index contributed by atoms with van der Waals surface area (Å²) >= 11 is 0. The van der Waals surface area contributed by atoms with Gasteiger partial charge in [-0.05, 0) is 57.2 Å². The van der Waals surface area contributed by atoms with Crippen LogP contribution in [0.3, 0.4) is 0 Å². The summed E-state index contributed by atoms with van der Waals surface area (Å²) in [5.41, 5.74) is 3.05. The molecule has 3 heteroatoms. The first-order chi connectivity index (χ1) is 9.73. The highest BCUT2D eigenvalue weighted by Crippen LogP contribution is 2.28. The van der Waals surface area contributed by atoms with Crippen molar-refractivity contribution in [3.05, 3.63) is 29.6 Å². The van der Waals surface area contributed by atoms with E-state index < -0.39 is 0 Å². The van der Waals surface area contributed by atoms with Crippen LogP contribution in [0.4, 0.5) is 0 Å². The van der Waals surface area contributed by atoms with E-state index in [1.807, 2.05) is 6.20 Å². The summed E-state index contributed by atoms with van der Waals surface area (Å²) in [5.74, 6) is 0. The average Bonchev–Trinajstić information content (AvgIpc) is 2.36. The van der Waals surface area contributed by atoms with Crippen molar-refractivity contribution >= 4 is 0 Å². The lowest BCUT2D eigenvalue weighted by Gasteiger charge is -2.37. The molecule has 1 aliphatic heterocycles. The van der Waals surface area contributed by atoms with Gasteiger partial charge in [-0.3, -0.25) is 9.88 Å². The van der Waals surface area contributed by atoms with Crippen molar-refractivity contribution < 1.29 is 0 Å². The van der Waals surface area contributed by atoms with Gasteiger partial charge in [-0.2, -0.15) is 0 Å². The fourth-order valence-electron chi connectivity index (χ4n) is 2.93. The van der Waals surface area contributed by atoms with Crippen LogP contribution in [0.5, 0.6) is 0 Å². The molecule has 0 amide bonds. The van der Waals surface area contributed by atoms with E-state index in [1.165, 1.54) is 37.2 Å². The summed E-state index contributed by atoms with van der Waals surface area (Å²) in [6.45, 7) is 15.6. The Morgan fingerprint density at radius 1 is 1.29 bits per heavy atom. The molecule has 2 rings (SSSR count). The minimum atomic E-state index is 0.151. The van der Waals surface area contributed by atoms with Gasteiger partial charge < -0.3 is 5.32 Å². The van der Waals surface area contributed by atoms with Gasteiger partial charge >= 0.3 is 0 Å². The third kappa shape index (κ3) is 5.76. The van der Waals surface area contributed by atoms with Crippen LogP contribution in [-0.4, -0.2) is 28.5 Å². The fourth-order valence-corrected chi connectivity index (χ4v) is 2.93. The monoisotopic (exact) mass is 289 g/mol. The van der Waals surface area contributed by atoms with Gasteiger partial charge in [-0.15, -0.1) is 0 Å². The second-order valence-electron chi connectivity index (χ2n) is 8.24. The summed E-state index contributed by atoms with van der Waals surface area (Å²) < 4.78 is 0. The molecule has 118 valence electrons. The van der Waals surface area contributed by atoms with Crippen molar-refractivity contribution in [1.82, 2.24) is 15.2 Å². The van der Waals surface area contributed by atoms with Gasteiger partial charge in [0.2, 0.25) is 0 Å². The predicted octanol–water partition coefficient (Wildman–Crippen LogP) is 3.59. The summed E-state index contributed by atoms with van der Waals surface area (Å²) in [4.78, 5) is 7.18. The number of piperidine rings is 1. The highest BCUT2D eigenvalue weighted by Gasteiger charge is 2.26. The molecule has 0 saturated carbocycles. The average molecular weight is 289 g/mol. The first kappa shape index (κ1) is 16.4. The summed E-state index contributed by atoms with van der Waals surface area (Å²) in [6.07, 6.45) is 4.66. The Kier molecular flexibility index (Phi) is 5.05. The van der Waals surface area contributed by atoms with E-state index >= 15 is 0 Å². The molecule has 1 saturated heterocycles. The number of aromatic nitrogens is 1. The van der Waals surface area contributed by atoms with Gasteiger partial charge in [0.25, 0.3) is 0 Å². The van der Waals surface area contributed by atoms with Crippen molar-refractivity contribution in [1.29, 1.82) is 0 Å². The van der Waals surface area contributed by atoms with Crippen LogP contribution in [-0.2, 0) is 13.1 Å². The molecule has 0 aromatic carbocycles. The Labute approximate surface area is 130 Å². The van der Waals surface area contributed by atoms with Gasteiger partial charge in [0, 0.05) is 31.4 Å². The van der Waals surface area contributed by atoms with E-state index in [4.69, 9.17) is 0 Å². The summed E-state index contributed by atoms with van der Waals surface area (Å²) in [7, 11) is 0. The second-order valence-corrected chi connectivity index (χ2v) is 8.24. The van der Waals surface area contributed by atoms with Crippen molar-refractivity contribution in [3.8, 4) is 0 Å². The van der Waals surface area contributed by atoms with E-state index in [9.17, 15) is 0 Å². The molecule has 0 unspecified atom stereocenters. The maximum atomic E-state index is 4.64. The Morgan fingerprint density at radius 2 is 2.05 bits per heavy atom. The minimum Gasteiger partial charge on any atom is -0.308 e. The molecule has 0 spiro atoms. The van der Waals surface area contributed by atoms with Crippen LogP contribution in [0.1, 0.15) is 58.7 Å². The molecule has 1 aliphatic rings. The molecule has 0 atom stereocenters. The smallest absolute Gasteiger partial charge is 0.0544 e. The molecule has 0 aliphatic carbocycles. The Hall–Kier alpha value is -0.930. The van der Waals surface area contributed by atoms with Crippen LogP contribution < -0.4 is 5.32 Å². The lowest BCUT2D eigenvalue weighted by molar-refractivity contribution is 0.110. The van der Waals surface area contributed by atoms with Gasteiger partial charge in [-0.1, -0.05) is 19.9 Å². The van der Waals surface area contributed by atoms with E-state index in [1.54, 1.807) is 0 Å². The molecule has 2 heterocycles. The molecular formula is C18H31N3. The lowest BCUT2D eigenvalue weighted by atomic mass is 9.84. The van der Waals surface area contributed by atoms with Crippen LogP contribution in [0.2, 0.25) is 0 Å². The van der Waals surface area contributed by atoms with Crippen molar-refractivity contribution in [2.75, 3.05) is 13.1 Å². The van der Waals surface area contributed by atoms with Gasteiger partial charge in [-0.25, -0.2) is 0 Å². The number of nitrogens with zero attached hydrogens (tertiary/aromatic N) is 2. The maximum Gasteiger partial charge on any atom is 0.0544 e.